The van der Waals surface area contributed by atoms with Crippen molar-refractivity contribution in [1.29, 1.82) is 0 Å². The van der Waals surface area contributed by atoms with Gasteiger partial charge < -0.3 is 9.84 Å². The molecule has 6 nitrogen and oxygen atoms in total. The Morgan fingerprint density at radius 1 is 1.50 bits per heavy atom. The van der Waals surface area contributed by atoms with E-state index in [-0.39, 0.29) is 11.7 Å². The quantitative estimate of drug-likeness (QED) is 0.804. The van der Waals surface area contributed by atoms with Crippen LogP contribution in [0.5, 0.6) is 0 Å². The van der Waals surface area contributed by atoms with Gasteiger partial charge in [0.1, 0.15) is 6.23 Å². The molecule has 1 aromatic rings. The highest BCUT2D eigenvalue weighted by Gasteiger charge is 2.34. The zero-order chi connectivity index (χ0) is 13.3. The van der Waals surface area contributed by atoms with Gasteiger partial charge >= 0.3 is 5.69 Å². The fraction of sp³-hybridized carbons (Fsp3) is 0.667. The average Bonchev–Trinajstić information content (AvgIpc) is 2.70. The van der Waals surface area contributed by atoms with E-state index >= 15 is 0 Å². The summed E-state index contributed by atoms with van der Waals surface area (Å²) < 4.78 is 6.98. The lowest BCUT2D eigenvalue weighted by molar-refractivity contribution is -0.0218. The fourth-order valence-corrected chi connectivity index (χ4v) is 2.25. The number of nitrogens with zero attached hydrogens (tertiary/aromatic N) is 1. The number of aliphatic hydroxyl groups is 1. The summed E-state index contributed by atoms with van der Waals surface area (Å²) in [6.07, 6.45) is 1.81. The second-order valence-electron chi connectivity index (χ2n) is 4.51. The summed E-state index contributed by atoms with van der Waals surface area (Å²) in [6.45, 7) is 3.77. The molecule has 0 aliphatic carbocycles. The van der Waals surface area contributed by atoms with Crippen LogP contribution in [0.15, 0.2) is 15.8 Å². The summed E-state index contributed by atoms with van der Waals surface area (Å²) in [5.74, 6) is 0. The molecule has 2 rings (SSSR count). The van der Waals surface area contributed by atoms with E-state index in [1.54, 1.807) is 0 Å². The van der Waals surface area contributed by atoms with Crippen molar-refractivity contribution in [1.82, 2.24) is 9.55 Å². The highest BCUT2D eigenvalue weighted by molar-refractivity contribution is 5.04. The fourth-order valence-electron chi connectivity index (χ4n) is 2.25. The van der Waals surface area contributed by atoms with Crippen molar-refractivity contribution in [3.63, 3.8) is 0 Å². The number of H-pyrrole nitrogens is 1. The molecule has 3 atom stereocenters. The van der Waals surface area contributed by atoms with Crippen LogP contribution in [0.25, 0.3) is 0 Å². The Hall–Kier alpha value is -1.40. The predicted octanol–water partition coefficient (Wildman–Crippen LogP) is 0.157. The molecule has 0 radical (unpaired) electrons. The Morgan fingerprint density at radius 3 is 2.78 bits per heavy atom. The molecule has 0 spiro atoms. The van der Waals surface area contributed by atoms with Crippen LogP contribution in [0.4, 0.5) is 0 Å². The number of hydrogen-bond donors (Lipinski definition) is 2. The molecule has 1 aromatic heterocycles. The van der Waals surface area contributed by atoms with Crippen LogP contribution >= 0.6 is 0 Å². The van der Waals surface area contributed by atoms with Crippen molar-refractivity contribution in [3.05, 3.63) is 32.6 Å². The SMILES string of the molecule is CCc1cn([C@H]2C[C@@H](O)[C@@H](CC)O2)c(=O)[nH]c1=O. The van der Waals surface area contributed by atoms with Crippen LogP contribution in [-0.2, 0) is 11.2 Å². The summed E-state index contributed by atoms with van der Waals surface area (Å²) in [5.41, 5.74) is -0.317. The van der Waals surface area contributed by atoms with Gasteiger partial charge in [-0.25, -0.2) is 4.79 Å². The standard InChI is InChI=1S/C12H18N2O4/c1-3-7-6-14(12(17)13-11(7)16)10-5-8(15)9(4-2)18-10/h6,8-10,15H,3-5H2,1-2H3,(H,13,16,17)/t8-,9-,10-/m1/s1. The molecule has 0 unspecified atom stereocenters. The lowest BCUT2D eigenvalue weighted by Gasteiger charge is -2.15. The highest BCUT2D eigenvalue weighted by Crippen LogP contribution is 2.29. The summed E-state index contributed by atoms with van der Waals surface area (Å²) in [6, 6.07) is 0. The van der Waals surface area contributed by atoms with E-state index in [4.69, 9.17) is 4.74 Å². The minimum absolute atomic E-state index is 0.251. The third-order valence-corrected chi connectivity index (χ3v) is 3.34. The first-order valence-corrected chi connectivity index (χ1v) is 6.24. The number of hydrogen-bond acceptors (Lipinski definition) is 4. The highest BCUT2D eigenvalue weighted by atomic mass is 16.5. The van der Waals surface area contributed by atoms with E-state index in [0.29, 0.717) is 24.8 Å². The Kier molecular flexibility index (Phi) is 3.68. The van der Waals surface area contributed by atoms with Crippen LogP contribution in [0.3, 0.4) is 0 Å². The first kappa shape index (κ1) is 13.0. The van der Waals surface area contributed by atoms with Gasteiger partial charge in [0.2, 0.25) is 0 Å². The van der Waals surface area contributed by atoms with E-state index in [1.165, 1.54) is 10.8 Å². The van der Waals surface area contributed by atoms with Crippen molar-refractivity contribution >= 4 is 0 Å². The number of aromatic amines is 1. The lowest BCUT2D eigenvalue weighted by atomic mass is 10.1. The van der Waals surface area contributed by atoms with E-state index in [2.05, 4.69) is 4.98 Å². The van der Waals surface area contributed by atoms with Crippen LogP contribution in [-0.4, -0.2) is 26.9 Å². The van der Waals surface area contributed by atoms with Crippen LogP contribution in [0, 0.1) is 0 Å². The smallest absolute Gasteiger partial charge is 0.330 e. The maximum absolute atomic E-state index is 11.7. The summed E-state index contributed by atoms with van der Waals surface area (Å²) >= 11 is 0. The predicted molar refractivity (Wildman–Crippen MR) is 65.5 cm³/mol. The zero-order valence-corrected chi connectivity index (χ0v) is 10.5. The minimum Gasteiger partial charge on any atom is -0.390 e. The molecule has 1 saturated heterocycles. The Labute approximate surface area is 104 Å². The molecule has 0 aromatic carbocycles. The van der Waals surface area contributed by atoms with E-state index in [0.717, 1.165) is 0 Å². The van der Waals surface area contributed by atoms with Gasteiger partial charge in [-0.3, -0.25) is 14.3 Å². The van der Waals surface area contributed by atoms with E-state index in [1.807, 2.05) is 13.8 Å². The molecular weight excluding hydrogens is 236 g/mol. The number of aryl methyl sites for hydroxylation is 1. The molecule has 0 bridgehead atoms. The summed E-state index contributed by atoms with van der Waals surface area (Å²) in [4.78, 5) is 25.5. The molecule has 0 saturated carbocycles. The second kappa shape index (κ2) is 5.07. The molecule has 1 aliphatic rings. The minimum atomic E-state index is -0.566. The third-order valence-electron chi connectivity index (χ3n) is 3.34. The normalized spacial score (nSPS) is 27.6. The van der Waals surface area contributed by atoms with Gasteiger partial charge in [-0.1, -0.05) is 13.8 Å². The number of rotatable bonds is 3. The van der Waals surface area contributed by atoms with Gasteiger partial charge in [0.05, 0.1) is 12.2 Å². The first-order valence-electron chi connectivity index (χ1n) is 6.24. The van der Waals surface area contributed by atoms with Gasteiger partial charge in [0, 0.05) is 18.2 Å². The summed E-state index contributed by atoms with van der Waals surface area (Å²) in [5, 5.41) is 9.78. The van der Waals surface area contributed by atoms with Crippen molar-refractivity contribution in [2.24, 2.45) is 0 Å². The number of ether oxygens (including phenoxy) is 1. The number of aromatic nitrogens is 2. The van der Waals surface area contributed by atoms with Crippen LogP contribution < -0.4 is 11.2 Å². The average molecular weight is 254 g/mol. The molecule has 18 heavy (non-hydrogen) atoms. The Bertz CT molecular complexity index is 534. The molecule has 0 amide bonds. The van der Waals surface area contributed by atoms with Crippen molar-refractivity contribution in [2.75, 3.05) is 0 Å². The van der Waals surface area contributed by atoms with Crippen molar-refractivity contribution in [3.8, 4) is 0 Å². The van der Waals surface area contributed by atoms with Gasteiger partial charge in [-0.15, -0.1) is 0 Å². The molecule has 100 valence electrons. The molecule has 6 heteroatoms. The lowest BCUT2D eigenvalue weighted by Crippen LogP contribution is -2.34. The van der Waals surface area contributed by atoms with E-state index in [9.17, 15) is 14.7 Å². The monoisotopic (exact) mass is 254 g/mol. The maximum Gasteiger partial charge on any atom is 0.330 e. The molecule has 1 aliphatic heterocycles. The van der Waals surface area contributed by atoms with Crippen LogP contribution in [0.2, 0.25) is 0 Å². The number of nitrogens with one attached hydrogen (secondary N) is 1. The summed E-state index contributed by atoms with van der Waals surface area (Å²) in [7, 11) is 0. The molecular formula is C12H18N2O4. The van der Waals surface area contributed by atoms with Crippen molar-refractivity contribution in [2.45, 2.75) is 51.5 Å². The van der Waals surface area contributed by atoms with Crippen LogP contribution in [0.1, 0.15) is 38.5 Å². The number of aliphatic hydroxyl groups excluding tert-OH is 1. The molecule has 2 N–H and O–H groups in total. The molecule has 2 heterocycles. The van der Waals surface area contributed by atoms with Gasteiger partial charge in [0.15, 0.2) is 0 Å². The first-order chi connectivity index (χ1) is 8.56. The van der Waals surface area contributed by atoms with Gasteiger partial charge in [-0.2, -0.15) is 0 Å². The third kappa shape index (κ3) is 2.26. The topological polar surface area (TPSA) is 84.3 Å². The Morgan fingerprint density at radius 2 is 2.22 bits per heavy atom. The largest absolute Gasteiger partial charge is 0.390 e. The van der Waals surface area contributed by atoms with Gasteiger partial charge in [0.25, 0.3) is 5.56 Å². The van der Waals surface area contributed by atoms with E-state index < -0.39 is 18.0 Å². The second-order valence-corrected chi connectivity index (χ2v) is 4.51. The maximum atomic E-state index is 11.7. The van der Waals surface area contributed by atoms with Gasteiger partial charge in [-0.05, 0) is 12.8 Å². The zero-order valence-electron chi connectivity index (χ0n) is 10.5. The molecule has 1 fully saturated rings. The Balaban J connectivity index is 2.35. The van der Waals surface area contributed by atoms with Crippen molar-refractivity contribution < 1.29 is 9.84 Å².